The lowest BCUT2D eigenvalue weighted by molar-refractivity contribution is -0.121. The molecule has 0 unspecified atom stereocenters. The lowest BCUT2D eigenvalue weighted by Crippen LogP contribution is -2.37. The van der Waals surface area contributed by atoms with E-state index in [0.29, 0.717) is 5.02 Å². The molecule has 160 valence electrons. The van der Waals surface area contributed by atoms with Gasteiger partial charge in [-0.15, -0.1) is 11.3 Å². The van der Waals surface area contributed by atoms with Crippen LogP contribution in [0.1, 0.15) is 31.2 Å². The molecule has 1 saturated carbocycles. The number of pyridine rings is 1. The minimum Gasteiger partial charge on any atom is -0.325 e. The average Bonchev–Trinajstić information content (AvgIpc) is 3.52. The normalized spacial score (nSPS) is 14.9. The SMILES string of the molecule is O=C(Nc1cccc(-c2csc(-c3cccnc3)n2)c1)C1(c2ccc(Cl)cc2)CCCC1. The second-order valence-electron chi connectivity index (χ2n) is 8.11. The Kier molecular flexibility index (Phi) is 5.77. The van der Waals surface area contributed by atoms with E-state index in [1.54, 1.807) is 17.5 Å². The van der Waals surface area contributed by atoms with Gasteiger partial charge in [-0.25, -0.2) is 4.98 Å². The van der Waals surface area contributed by atoms with Crippen LogP contribution in [0.2, 0.25) is 5.02 Å². The van der Waals surface area contributed by atoms with Crippen molar-refractivity contribution in [1.29, 1.82) is 0 Å². The van der Waals surface area contributed by atoms with Crippen LogP contribution in [0.3, 0.4) is 0 Å². The Balaban J connectivity index is 1.39. The van der Waals surface area contributed by atoms with E-state index in [2.05, 4.69) is 10.3 Å². The number of rotatable bonds is 5. The second-order valence-corrected chi connectivity index (χ2v) is 9.41. The van der Waals surface area contributed by atoms with Crippen molar-refractivity contribution in [2.75, 3.05) is 5.32 Å². The summed E-state index contributed by atoms with van der Waals surface area (Å²) in [7, 11) is 0. The molecular weight excluding hydrogens is 438 g/mol. The third-order valence-corrected chi connectivity index (χ3v) is 7.26. The summed E-state index contributed by atoms with van der Waals surface area (Å²) in [5, 5.41) is 6.83. The van der Waals surface area contributed by atoms with Crippen molar-refractivity contribution >= 4 is 34.5 Å². The lowest BCUT2D eigenvalue weighted by Gasteiger charge is -2.28. The first-order valence-electron chi connectivity index (χ1n) is 10.7. The summed E-state index contributed by atoms with van der Waals surface area (Å²) in [6.45, 7) is 0. The first-order valence-corrected chi connectivity index (χ1v) is 11.9. The maximum absolute atomic E-state index is 13.5. The zero-order chi connectivity index (χ0) is 22.0. The molecule has 5 rings (SSSR count). The highest BCUT2D eigenvalue weighted by atomic mass is 35.5. The van der Waals surface area contributed by atoms with Gasteiger partial charge in [0.05, 0.1) is 11.1 Å². The van der Waals surface area contributed by atoms with Crippen molar-refractivity contribution in [3.8, 4) is 21.8 Å². The topological polar surface area (TPSA) is 54.9 Å². The Morgan fingerprint density at radius 1 is 1.00 bits per heavy atom. The number of benzene rings is 2. The van der Waals surface area contributed by atoms with Gasteiger partial charge in [-0.05, 0) is 54.8 Å². The van der Waals surface area contributed by atoms with Gasteiger partial charge in [-0.1, -0.05) is 48.7 Å². The Morgan fingerprint density at radius 2 is 1.78 bits per heavy atom. The molecule has 1 fully saturated rings. The van der Waals surface area contributed by atoms with Crippen LogP contribution in [0.4, 0.5) is 5.69 Å². The molecule has 0 aliphatic heterocycles. The number of amides is 1. The molecular formula is C26H22ClN3OS. The number of carbonyl (C=O) groups is 1. The molecule has 0 radical (unpaired) electrons. The summed E-state index contributed by atoms with van der Waals surface area (Å²) < 4.78 is 0. The van der Waals surface area contributed by atoms with E-state index >= 15 is 0 Å². The number of thiazole rings is 1. The Morgan fingerprint density at radius 3 is 2.53 bits per heavy atom. The molecule has 2 heterocycles. The van der Waals surface area contributed by atoms with Crippen molar-refractivity contribution in [2.24, 2.45) is 0 Å². The molecule has 6 heteroatoms. The lowest BCUT2D eigenvalue weighted by atomic mass is 9.78. The molecule has 4 aromatic rings. The van der Waals surface area contributed by atoms with E-state index in [4.69, 9.17) is 16.6 Å². The molecule has 1 amide bonds. The molecule has 0 atom stereocenters. The van der Waals surface area contributed by atoms with Crippen molar-refractivity contribution in [2.45, 2.75) is 31.1 Å². The van der Waals surface area contributed by atoms with Gasteiger partial charge in [0.1, 0.15) is 5.01 Å². The smallest absolute Gasteiger partial charge is 0.235 e. The van der Waals surface area contributed by atoms with E-state index in [9.17, 15) is 4.79 Å². The maximum atomic E-state index is 13.5. The number of anilines is 1. The number of hydrogen-bond acceptors (Lipinski definition) is 4. The fraction of sp³-hybridized carbons (Fsp3) is 0.192. The maximum Gasteiger partial charge on any atom is 0.235 e. The predicted octanol–water partition coefficient (Wildman–Crippen LogP) is 6.98. The highest BCUT2D eigenvalue weighted by molar-refractivity contribution is 7.13. The van der Waals surface area contributed by atoms with Crippen molar-refractivity contribution in [3.05, 3.63) is 89.0 Å². The fourth-order valence-electron chi connectivity index (χ4n) is 4.43. The van der Waals surface area contributed by atoms with Gasteiger partial charge in [-0.2, -0.15) is 0 Å². The summed E-state index contributed by atoms with van der Waals surface area (Å²) in [5.41, 5.74) is 4.17. The van der Waals surface area contributed by atoms with Crippen LogP contribution >= 0.6 is 22.9 Å². The third-order valence-electron chi connectivity index (χ3n) is 6.12. The third kappa shape index (κ3) is 4.06. The van der Waals surface area contributed by atoms with Gasteiger partial charge in [-0.3, -0.25) is 9.78 Å². The number of hydrogen-bond donors (Lipinski definition) is 1. The molecule has 2 aromatic heterocycles. The quantitative estimate of drug-likeness (QED) is 0.350. The van der Waals surface area contributed by atoms with Gasteiger partial charge < -0.3 is 5.32 Å². The van der Waals surface area contributed by atoms with Crippen molar-refractivity contribution in [1.82, 2.24) is 9.97 Å². The van der Waals surface area contributed by atoms with Crippen LogP contribution in [0.25, 0.3) is 21.8 Å². The molecule has 4 nitrogen and oxygen atoms in total. The van der Waals surface area contributed by atoms with Gasteiger partial charge in [0, 0.05) is 39.6 Å². The Hall–Kier alpha value is -3.02. The monoisotopic (exact) mass is 459 g/mol. The average molecular weight is 460 g/mol. The molecule has 2 aromatic carbocycles. The van der Waals surface area contributed by atoms with E-state index in [1.165, 1.54) is 0 Å². The largest absolute Gasteiger partial charge is 0.325 e. The molecule has 0 spiro atoms. The summed E-state index contributed by atoms with van der Waals surface area (Å²) >= 11 is 7.67. The number of halogens is 1. The standard InChI is InChI=1S/C26H22ClN3OS/c27-21-10-8-20(9-11-21)26(12-1-2-13-26)25(31)29-22-7-3-5-18(15-22)23-17-32-24(30-23)19-6-4-14-28-16-19/h3-11,14-17H,1-2,12-13H2,(H,29,31). The summed E-state index contributed by atoms with van der Waals surface area (Å²) in [6, 6.07) is 19.5. The van der Waals surface area contributed by atoms with Gasteiger partial charge in [0.2, 0.25) is 5.91 Å². The minimum absolute atomic E-state index is 0.0452. The molecule has 0 saturated heterocycles. The van der Waals surface area contributed by atoms with Crippen LogP contribution in [0.15, 0.2) is 78.4 Å². The number of nitrogens with one attached hydrogen (secondary N) is 1. The Bertz CT molecular complexity index is 1230. The predicted molar refractivity (Wildman–Crippen MR) is 131 cm³/mol. The molecule has 0 bridgehead atoms. The molecule has 32 heavy (non-hydrogen) atoms. The van der Waals surface area contributed by atoms with Crippen LogP contribution in [-0.4, -0.2) is 15.9 Å². The van der Waals surface area contributed by atoms with Gasteiger partial charge in [0.15, 0.2) is 0 Å². The van der Waals surface area contributed by atoms with E-state index in [-0.39, 0.29) is 5.91 Å². The zero-order valence-corrected chi connectivity index (χ0v) is 19.0. The fourth-order valence-corrected chi connectivity index (χ4v) is 5.38. The minimum atomic E-state index is -0.505. The highest BCUT2D eigenvalue weighted by Crippen LogP contribution is 2.42. The zero-order valence-electron chi connectivity index (χ0n) is 17.4. The van der Waals surface area contributed by atoms with Gasteiger partial charge >= 0.3 is 0 Å². The van der Waals surface area contributed by atoms with Crippen LogP contribution in [0.5, 0.6) is 0 Å². The van der Waals surface area contributed by atoms with Crippen molar-refractivity contribution < 1.29 is 4.79 Å². The van der Waals surface area contributed by atoms with E-state index in [1.807, 2.05) is 72.2 Å². The first-order chi connectivity index (χ1) is 15.6. The number of carbonyl (C=O) groups excluding carboxylic acids is 1. The van der Waals surface area contributed by atoms with Crippen LogP contribution in [0, 0.1) is 0 Å². The Labute approximate surface area is 196 Å². The first kappa shape index (κ1) is 20.9. The molecule has 1 aliphatic rings. The summed E-state index contributed by atoms with van der Waals surface area (Å²) in [6.07, 6.45) is 7.36. The second kappa shape index (κ2) is 8.85. The number of nitrogens with zero attached hydrogens (tertiary/aromatic N) is 2. The summed E-state index contributed by atoms with van der Waals surface area (Å²) in [5.74, 6) is 0.0452. The molecule has 1 aliphatic carbocycles. The highest BCUT2D eigenvalue weighted by Gasteiger charge is 2.42. The van der Waals surface area contributed by atoms with Gasteiger partial charge in [0.25, 0.3) is 0 Å². The summed E-state index contributed by atoms with van der Waals surface area (Å²) in [4.78, 5) is 22.4. The van der Waals surface area contributed by atoms with Crippen LogP contribution < -0.4 is 5.32 Å². The van der Waals surface area contributed by atoms with Crippen molar-refractivity contribution in [3.63, 3.8) is 0 Å². The van der Waals surface area contributed by atoms with E-state index < -0.39 is 5.41 Å². The molecule has 1 N–H and O–H groups in total. The van der Waals surface area contributed by atoms with Crippen LogP contribution in [-0.2, 0) is 10.2 Å². The van der Waals surface area contributed by atoms with E-state index in [0.717, 1.165) is 58.8 Å². The number of aromatic nitrogens is 2.